The smallest absolute Gasteiger partial charge is 0.264 e. The Morgan fingerprint density at radius 3 is 2.31 bits per heavy atom. The van der Waals surface area contributed by atoms with Crippen LogP contribution in [0.4, 0.5) is 5.69 Å². The molecule has 0 aliphatic carbocycles. The lowest BCUT2D eigenvalue weighted by Crippen LogP contribution is -2.45. The summed E-state index contributed by atoms with van der Waals surface area (Å²) in [6.07, 6.45) is 0. The molecule has 2 aromatic rings. The van der Waals surface area contributed by atoms with E-state index >= 15 is 0 Å². The van der Waals surface area contributed by atoms with Crippen molar-refractivity contribution in [1.29, 1.82) is 0 Å². The lowest BCUT2D eigenvalue weighted by molar-refractivity contribution is -0.120. The summed E-state index contributed by atoms with van der Waals surface area (Å²) in [7, 11) is -3.87. The van der Waals surface area contributed by atoms with Gasteiger partial charge < -0.3 is 5.32 Å². The van der Waals surface area contributed by atoms with Gasteiger partial charge in [-0.1, -0.05) is 54.0 Å². The van der Waals surface area contributed by atoms with Gasteiger partial charge in [0, 0.05) is 10.5 Å². The van der Waals surface area contributed by atoms with E-state index in [1.165, 1.54) is 12.1 Å². The highest BCUT2D eigenvalue weighted by atomic mass is 79.9. The van der Waals surface area contributed by atoms with Crippen molar-refractivity contribution in [2.75, 3.05) is 10.8 Å². The molecule has 0 saturated heterocycles. The van der Waals surface area contributed by atoms with E-state index in [-0.39, 0.29) is 29.3 Å². The highest BCUT2D eigenvalue weighted by Crippen LogP contribution is 2.26. The minimum Gasteiger partial charge on any atom is -0.352 e. The fraction of sp³-hybridized carbons (Fsp3) is 0.316. The van der Waals surface area contributed by atoms with E-state index in [1.807, 2.05) is 20.8 Å². The van der Waals surface area contributed by atoms with Crippen LogP contribution >= 0.6 is 15.9 Å². The van der Waals surface area contributed by atoms with Crippen LogP contribution in [-0.4, -0.2) is 26.9 Å². The topological polar surface area (TPSA) is 66.5 Å². The van der Waals surface area contributed by atoms with Crippen LogP contribution < -0.4 is 9.62 Å². The fourth-order valence-corrected chi connectivity index (χ4v) is 4.08. The van der Waals surface area contributed by atoms with Gasteiger partial charge in [0.15, 0.2) is 0 Å². The van der Waals surface area contributed by atoms with Crippen LogP contribution in [0, 0.1) is 5.92 Å². The summed E-state index contributed by atoms with van der Waals surface area (Å²) in [4.78, 5) is 12.6. The molecule has 0 fully saturated rings. The predicted octanol–water partition coefficient (Wildman–Crippen LogP) is 3.81. The summed E-state index contributed by atoms with van der Waals surface area (Å²) >= 11 is 3.36. The second-order valence-corrected chi connectivity index (χ2v) is 9.18. The van der Waals surface area contributed by atoms with Gasteiger partial charge in [-0.3, -0.25) is 9.10 Å². The van der Waals surface area contributed by atoms with Crippen LogP contribution in [0.15, 0.2) is 64.0 Å². The summed E-state index contributed by atoms with van der Waals surface area (Å²) in [6.45, 7) is 5.61. The molecule has 2 rings (SSSR count). The average molecular weight is 439 g/mol. The minimum atomic E-state index is -3.87. The van der Waals surface area contributed by atoms with Crippen LogP contribution in [0.5, 0.6) is 0 Å². The van der Waals surface area contributed by atoms with Crippen molar-refractivity contribution in [3.63, 3.8) is 0 Å². The standard InChI is InChI=1S/C19H23BrN2O3S/c1-14(2)15(3)21-19(23)13-22(17-9-7-8-16(20)12-17)26(24,25)18-10-5-4-6-11-18/h4-12,14-15H,13H2,1-3H3,(H,21,23). The number of anilines is 1. The van der Waals surface area contributed by atoms with E-state index in [2.05, 4.69) is 21.2 Å². The van der Waals surface area contributed by atoms with Crippen molar-refractivity contribution in [3.8, 4) is 0 Å². The molecule has 0 aliphatic heterocycles. The van der Waals surface area contributed by atoms with E-state index < -0.39 is 10.0 Å². The molecule has 1 N–H and O–H groups in total. The molecule has 26 heavy (non-hydrogen) atoms. The Morgan fingerprint density at radius 1 is 1.08 bits per heavy atom. The fourth-order valence-electron chi connectivity index (χ4n) is 2.26. The Balaban J connectivity index is 2.39. The summed E-state index contributed by atoms with van der Waals surface area (Å²) in [6, 6.07) is 15.0. The van der Waals surface area contributed by atoms with Crippen molar-refractivity contribution in [1.82, 2.24) is 5.32 Å². The largest absolute Gasteiger partial charge is 0.352 e. The molecule has 140 valence electrons. The molecule has 2 aromatic carbocycles. The van der Waals surface area contributed by atoms with Crippen LogP contribution in [0.25, 0.3) is 0 Å². The molecule has 0 bridgehead atoms. The Labute approximate surface area is 163 Å². The molecule has 1 atom stereocenters. The number of nitrogens with zero attached hydrogens (tertiary/aromatic N) is 1. The summed E-state index contributed by atoms with van der Waals surface area (Å²) in [5.41, 5.74) is 0.426. The van der Waals surface area contributed by atoms with Crippen LogP contribution in [0.3, 0.4) is 0 Å². The molecule has 0 aromatic heterocycles. The SMILES string of the molecule is CC(C)C(C)NC(=O)CN(c1cccc(Br)c1)S(=O)(=O)c1ccccc1. The number of carbonyl (C=O) groups is 1. The number of amides is 1. The second-order valence-electron chi connectivity index (χ2n) is 6.40. The highest BCUT2D eigenvalue weighted by Gasteiger charge is 2.27. The molecule has 0 saturated carbocycles. The molecule has 5 nitrogen and oxygen atoms in total. The van der Waals surface area contributed by atoms with Gasteiger partial charge in [0.1, 0.15) is 6.54 Å². The Bertz CT molecular complexity index is 854. The predicted molar refractivity (Wildman–Crippen MR) is 108 cm³/mol. The molecule has 7 heteroatoms. The quantitative estimate of drug-likeness (QED) is 0.714. The number of hydrogen-bond donors (Lipinski definition) is 1. The summed E-state index contributed by atoms with van der Waals surface area (Å²) < 4.78 is 28.1. The van der Waals surface area contributed by atoms with Gasteiger partial charge in [-0.2, -0.15) is 0 Å². The number of rotatable bonds is 7. The number of nitrogens with one attached hydrogen (secondary N) is 1. The maximum absolute atomic E-state index is 13.1. The molecule has 1 amide bonds. The Kier molecular flexibility index (Phi) is 6.83. The van der Waals surface area contributed by atoms with Crippen molar-refractivity contribution in [2.24, 2.45) is 5.92 Å². The zero-order valence-electron chi connectivity index (χ0n) is 15.0. The van der Waals surface area contributed by atoms with Crippen molar-refractivity contribution in [2.45, 2.75) is 31.7 Å². The van der Waals surface area contributed by atoms with Crippen molar-refractivity contribution in [3.05, 3.63) is 59.1 Å². The third-order valence-corrected chi connectivity index (χ3v) is 6.38. The van der Waals surface area contributed by atoms with Crippen LogP contribution in [0.2, 0.25) is 0 Å². The number of benzene rings is 2. The van der Waals surface area contributed by atoms with E-state index in [0.717, 1.165) is 8.78 Å². The first kappa shape index (κ1) is 20.5. The van der Waals surface area contributed by atoms with Gasteiger partial charge in [0.25, 0.3) is 10.0 Å². The highest BCUT2D eigenvalue weighted by molar-refractivity contribution is 9.10. The Hall–Kier alpha value is -1.86. The first-order valence-electron chi connectivity index (χ1n) is 8.34. The lowest BCUT2D eigenvalue weighted by Gasteiger charge is -2.26. The van der Waals surface area contributed by atoms with E-state index in [0.29, 0.717) is 5.69 Å². The van der Waals surface area contributed by atoms with E-state index in [1.54, 1.807) is 42.5 Å². The monoisotopic (exact) mass is 438 g/mol. The number of halogens is 1. The van der Waals surface area contributed by atoms with Gasteiger partial charge in [0.2, 0.25) is 5.91 Å². The van der Waals surface area contributed by atoms with Crippen molar-refractivity contribution < 1.29 is 13.2 Å². The van der Waals surface area contributed by atoms with Crippen LogP contribution in [-0.2, 0) is 14.8 Å². The maximum Gasteiger partial charge on any atom is 0.264 e. The molecule has 0 heterocycles. The van der Waals surface area contributed by atoms with Crippen molar-refractivity contribution >= 4 is 37.5 Å². The number of carbonyl (C=O) groups excluding carboxylic acids is 1. The molecular formula is C19H23BrN2O3S. The summed E-state index contributed by atoms with van der Waals surface area (Å²) in [5, 5.41) is 2.86. The molecular weight excluding hydrogens is 416 g/mol. The second kappa shape index (κ2) is 8.68. The van der Waals surface area contributed by atoms with Crippen LogP contribution in [0.1, 0.15) is 20.8 Å². The van der Waals surface area contributed by atoms with Gasteiger partial charge in [-0.25, -0.2) is 8.42 Å². The zero-order chi connectivity index (χ0) is 19.3. The normalized spacial score (nSPS) is 12.7. The third kappa shape index (κ3) is 5.08. The van der Waals surface area contributed by atoms with Gasteiger partial charge in [0.05, 0.1) is 10.6 Å². The van der Waals surface area contributed by atoms with Gasteiger partial charge in [-0.05, 0) is 43.2 Å². The maximum atomic E-state index is 13.1. The summed E-state index contributed by atoms with van der Waals surface area (Å²) in [5.74, 6) is -0.0883. The lowest BCUT2D eigenvalue weighted by atomic mass is 10.1. The van der Waals surface area contributed by atoms with Gasteiger partial charge >= 0.3 is 0 Å². The molecule has 0 spiro atoms. The average Bonchev–Trinajstić information content (AvgIpc) is 2.60. The van der Waals surface area contributed by atoms with E-state index in [4.69, 9.17) is 0 Å². The first-order valence-corrected chi connectivity index (χ1v) is 10.6. The molecule has 1 unspecified atom stereocenters. The Morgan fingerprint density at radius 2 is 1.73 bits per heavy atom. The molecule has 0 aliphatic rings. The number of sulfonamides is 1. The van der Waals surface area contributed by atoms with E-state index in [9.17, 15) is 13.2 Å². The van der Waals surface area contributed by atoms with Gasteiger partial charge in [-0.15, -0.1) is 0 Å². The number of hydrogen-bond acceptors (Lipinski definition) is 3. The zero-order valence-corrected chi connectivity index (χ0v) is 17.4. The first-order chi connectivity index (χ1) is 12.2. The third-order valence-electron chi connectivity index (χ3n) is 4.10. The minimum absolute atomic E-state index is 0.0497. The molecule has 0 radical (unpaired) electrons.